The predicted octanol–water partition coefficient (Wildman–Crippen LogP) is 3.91. The molecule has 1 amide bonds. The van der Waals surface area contributed by atoms with Gasteiger partial charge in [-0.15, -0.1) is 0 Å². The first kappa shape index (κ1) is 17.0. The van der Waals surface area contributed by atoms with Crippen molar-refractivity contribution < 1.29 is 14.3 Å². The molecule has 0 saturated heterocycles. The minimum absolute atomic E-state index is 0.0345. The molecule has 1 spiro atoms. The number of carbonyl (C=O) groups excluding carboxylic acids is 1. The Bertz CT molecular complexity index is 805. The smallest absolute Gasteiger partial charge is 0.219 e. The zero-order valence-corrected chi connectivity index (χ0v) is 15.6. The standard InChI is InChI=1S/C22H25NO3/c1-4-5-21(24)23-13-14-12-22(14)19-10-15(25-2)6-8-17(19)18-9-7-16(26-3)11-20(18)22/h6-11,14H,4-5,12-13H2,1-3H3,(H,23,24). The van der Waals surface area contributed by atoms with Gasteiger partial charge < -0.3 is 14.8 Å². The fraction of sp³-hybridized carbons (Fsp3) is 0.409. The number of ether oxygens (including phenoxy) is 2. The van der Waals surface area contributed by atoms with Gasteiger partial charge in [0.1, 0.15) is 11.5 Å². The maximum Gasteiger partial charge on any atom is 0.219 e. The molecule has 1 atom stereocenters. The molecule has 136 valence electrons. The number of methoxy groups -OCH3 is 2. The van der Waals surface area contributed by atoms with Crippen LogP contribution in [0.5, 0.6) is 11.5 Å². The summed E-state index contributed by atoms with van der Waals surface area (Å²) in [6, 6.07) is 12.7. The number of carbonyl (C=O) groups is 1. The second kappa shape index (κ2) is 6.35. The van der Waals surface area contributed by atoms with Crippen LogP contribution in [0, 0.1) is 5.92 Å². The third-order valence-electron chi connectivity index (χ3n) is 5.83. The van der Waals surface area contributed by atoms with Crippen LogP contribution in [0.2, 0.25) is 0 Å². The van der Waals surface area contributed by atoms with Crippen molar-refractivity contribution in [3.63, 3.8) is 0 Å². The van der Waals surface area contributed by atoms with Gasteiger partial charge in [-0.25, -0.2) is 0 Å². The van der Waals surface area contributed by atoms with Crippen molar-refractivity contribution in [2.45, 2.75) is 31.6 Å². The number of hydrogen-bond donors (Lipinski definition) is 1. The van der Waals surface area contributed by atoms with E-state index in [-0.39, 0.29) is 11.3 Å². The molecule has 26 heavy (non-hydrogen) atoms. The van der Waals surface area contributed by atoms with E-state index in [1.54, 1.807) is 14.2 Å². The first-order chi connectivity index (χ1) is 12.6. The lowest BCUT2D eigenvalue weighted by Crippen LogP contribution is -2.27. The van der Waals surface area contributed by atoms with E-state index >= 15 is 0 Å². The number of nitrogens with one attached hydrogen (secondary N) is 1. The lowest BCUT2D eigenvalue weighted by Gasteiger charge is -2.16. The second-order valence-electron chi connectivity index (χ2n) is 7.25. The van der Waals surface area contributed by atoms with Gasteiger partial charge in [0.05, 0.1) is 14.2 Å². The van der Waals surface area contributed by atoms with Crippen molar-refractivity contribution in [1.82, 2.24) is 5.32 Å². The fourth-order valence-electron chi connectivity index (χ4n) is 4.44. The van der Waals surface area contributed by atoms with Crippen molar-refractivity contribution in [1.29, 1.82) is 0 Å². The molecule has 0 aromatic heterocycles. The summed E-state index contributed by atoms with van der Waals surface area (Å²) in [5.41, 5.74) is 5.13. The predicted molar refractivity (Wildman–Crippen MR) is 102 cm³/mol. The average Bonchev–Trinajstić information content (AvgIpc) is 3.34. The summed E-state index contributed by atoms with van der Waals surface area (Å²) in [6.45, 7) is 2.74. The molecular weight excluding hydrogens is 326 g/mol. The number of fused-ring (bicyclic) bond motifs is 5. The highest BCUT2D eigenvalue weighted by Gasteiger charge is 2.60. The fourth-order valence-corrected chi connectivity index (χ4v) is 4.44. The van der Waals surface area contributed by atoms with Gasteiger partial charge in [-0.05, 0) is 65.3 Å². The van der Waals surface area contributed by atoms with Gasteiger partial charge in [0.15, 0.2) is 0 Å². The van der Waals surface area contributed by atoms with Gasteiger partial charge >= 0.3 is 0 Å². The minimum Gasteiger partial charge on any atom is -0.497 e. The normalized spacial score (nSPS) is 18.2. The van der Waals surface area contributed by atoms with Gasteiger partial charge in [-0.1, -0.05) is 19.1 Å². The second-order valence-corrected chi connectivity index (χ2v) is 7.25. The molecular formula is C22H25NO3. The molecule has 4 rings (SSSR count). The molecule has 0 bridgehead atoms. The first-order valence-electron chi connectivity index (χ1n) is 9.28. The number of amides is 1. The van der Waals surface area contributed by atoms with Crippen LogP contribution in [0.25, 0.3) is 11.1 Å². The van der Waals surface area contributed by atoms with E-state index in [9.17, 15) is 4.79 Å². The zero-order chi connectivity index (χ0) is 18.3. The van der Waals surface area contributed by atoms with Crippen molar-refractivity contribution in [3.8, 4) is 22.6 Å². The van der Waals surface area contributed by atoms with Crippen LogP contribution in [0.1, 0.15) is 37.3 Å². The van der Waals surface area contributed by atoms with E-state index < -0.39 is 0 Å². The summed E-state index contributed by atoms with van der Waals surface area (Å²) >= 11 is 0. The van der Waals surface area contributed by atoms with E-state index in [2.05, 4.69) is 29.6 Å². The highest BCUT2D eigenvalue weighted by atomic mass is 16.5. The maximum absolute atomic E-state index is 11.9. The lowest BCUT2D eigenvalue weighted by atomic mass is 9.90. The molecule has 2 aliphatic carbocycles. The van der Waals surface area contributed by atoms with E-state index in [0.29, 0.717) is 18.9 Å². The number of hydrogen-bond acceptors (Lipinski definition) is 3. The Morgan fingerprint density at radius 3 is 2.15 bits per heavy atom. The van der Waals surface area contributed by atoms with Crippen molar-refractivity contribution in [3.05, 3.63) is 47.5 Å². The molecule has 0 radical (unpaired) electrons. The molecule has 2 aromatic rings. The molecule has 4 nitrogen and oxygen atoms in total. The quantitative estimate of drug-likeness (QED) is 0.858. The Morgan fingerprint density at radius 1 is 1.08 bits per heavy atom. The Labute approximate surface area is 154 Å². The van der Waals surface area contributed by atoms with E-state index in [0.717, 1.165) is 24.3 Å². The Kier molecular flexibility index (Phi) is 4.14. The van der Waals surface area contributed by atoms with Gasteiger partial charge in [0.2, 0.25) is 5.91 Å². The van der Waals surface area contributed by atoms with Crippen LogP contribution < -0.4 is 14.8 Å². The third kappa shape index (κ3) is 2.47. The SMILES string of the molecule is CCCC(=O)NCC1CC12c1cc(OC)ccc1-c1ccc(OC)cc12. The molecule has 0 heterocycles. The summed E-state index contributed by atoms with van der Waals surface area (Å²) in [5, 5.41) is 3.11. The molecule has 4 heteroatoms. The number of benzene rings is 2. The topological polar surface area (TPSA) is 47.6 Å². The zero-order valence-electron chi connectivity index (χ0n) is 15.6. The summed E-state index contributed by atoms with van der Waals surface area (Å²) < 4.78 is 11.0. The van der Waals surface area contributed by atoms with Crippen LogP contribution in [-0.2, 0) is 10.2 Å². The summed E-state index contributed by atoms with van der Waals surface area (Å²) in [7, 11) is 3.41. The molecule has 1 unspecified atom stereocenters. The maximum atomic E-state index is 11.9. The molecule has 2 aliphatic rings. The highest BCUT2D eigenvalue weighted by molar-refractivity contribution is 5.84. The molecule has 2 aromatic carbocycles. The Hall–Kier alpha value is -2.49. The Balaban J connectivity index is 1.72. The van der Waals surface area contributed by atoms with Crippen molar-refractivity contribution in [2.75, 3.05) is 20.8 Å². The monoisotopic (exact) mass is 351 g/mol. The van der Waals surface area contributed by atoms with Gasteiger partial charge in [-0.3, -0.25) is 4.79 Å². The van der Waals surface area contributed by atoms with E-state index in [4.69, 9.17) is 9.47 Å². The molecule has 1 saturated carbocycles. The van der Waals surface area contributed by atoms with Crippen LogP contribution in [0.15, 0.2) is 36.4 Å². The molecule has 1 fully saturated rings. The lowest BCUT2D eigenvalue weighted by molar-refractivity contribution is -0.121. The average molecular weight is 351 g/mol. The largest absolute Gasteiger partial charge is 0.497 e. The highest BCUT2D eigenvalue weighted by Crippen LogP contribution is 2.66. The molecule has 0 aliphatic heterocycles. The summed E-state index contributed by atoms with van der Waals surface area (Å²) in [6.07, 6.45) is 2.51. The number of rotatable bonds is 6. The molecule has 1 N–H and O–H groups in total. The third-order valence-corrected chi connectivity index (χ3v) is 5.83. The van der Waals surface area contributed by atoms with Crippen LogP contribution in [0.3, 0.4) is 0 Å². The van der Waals surface area contributed by atoms with E-state index in [1.807, 2.05) is 19.1 Å². The Morgan fingerprint density at radius 2 is 1.65 bits per heavy atom. The van der Waals surface area contributed by atoms with Crippen molar-refractivity contribution in [2.24, 2.45) is 5.92 Å². The van der Waals surface area contributed by atoms with Crippen LogP contribution in [-0.4, -0.2) is 26.7 Å². The van der Waals surface area contributed by atoms with Gasteiger partial charge in [0.25, 0.3) is 0 Å². The summed E-state index contributed by atoms with van der Waals surface area (Å²) in [4.78, 5) is 11.9. The van der Waals surface area contributed by atoms with Crippen molar-refractivity contribution >= 4 is 5.91 Å². The van der Waals surface area contributed by atoms with Gasteiger partial charge in [0, 0.05) is 18.4 Å². The van der Waals surface area contributed by atoms with Gasteiger partial charge in [-0.2, -0.15) is 0 Å². The van der Waals surface area contributed by atoms with Crippen LogP contribution >= 0.6 is 0 Å². The van der Waals surface area contributed by atoms with Crippen LogP contribution in [0.4, 0.5) is 0 Å². The summed E-state index contributed by atoms with van der Waals surface area (Å²) in [5.74, 6) is 2.30. The minimum atomic E-state index is -0.0345. The first-order valence-corrected chi connectivity index (χ1v) is 9.28. The van der Waals surface area contributed by atoms with E-state index in [1.165, 1.54) is 22.3 Å².